The Bertz CT molecular complexity index is 529. The molecule has 0 radical (unpaired) electrons. The first kappa shape index (κ1) is 15.2. The first-order valence-electron chi connectivity index (χ1n) is 7.53. The van der Waals surface area contributed by atoms with Gasteiger partial charge in [0.25, 0.3) is 5.91 Å². The second kappa shape index (κ2) is 5.81. The highest BCUT2D eigenvalue weighted by atomic mass is 19.4. The predicted octanol–water partition coefficient (Wildman–Crippen LogP) is 2.52. The number of alkyl halides is 3. The maximum absolute atomic E-state index is 13.3. The average molecular weight is 317 g/mol. The molecule has 1 atom stereocenters. The number of ether oxygens (including phenoxy) is 1. The quantitative estimate of drug-likeness (QED) is 0.932. The lowest BCUT2D eigenvalue weighted by Crippen LogP contribution is -2.50. The van der Waals surface area contributed by atoms with Crippen LogP contribution in [0.3, 0.4) is 0 Å². The molecule has 1 aliphatic heterocycles. The molecule has 22 heavy (non-hydrogen) atoms. The van der Waals surface area contributed by atoms with Crippen molar-refractivity contribution in [3.63, 3.8) is 0 Å². The molecule has 2 heterocycles. The Labute approximate surface area is 125 Å². The fourth-order valence-electron chi connectivity index (χ4n) is 3.17. The molecule has 0 aromatic carbocycles. The number of hydrogen-bond donors (Lipinski definition) is 1. The van der Waals surface area contributed by atoms with Gasteiger partial charge < -0.3 is 10.1 Å². The molecule has 1 fully saturated rings. The van der Waals surface area contributed by atoms with E-state index in [1.807, 2.05) is 0 Å². The summed E-state index contributed by atoms with van der Waals surface area (Å²) in [7, 11) is 0. The summed E-state index contributed by atoms with van der Waals surface area (Å²) in [6.45, 7) is 0.978. The van der Waals surface area contributed by atoms with Gasteiger partial charge in [0.15, 0.2) is 5.69 Å². The molecule has 0 saturated heterocycles. The van der Waals surface area contributed by atoms with E-state index in [1.54, 1.807) is 0 Å². The lowest BCUT2D eigenvalue weighted by atomic mass is 9.83. The lowest BCUT2D eigenvalue weighted by molar-refractivity contribution is -0.167. The Morgan fingerprint density at radius 3 is 2.73 bits per heavy atom. The maximum Gasteiger partial charge on any atom is 0.408 e. The van der Waals surface area contributed by atoms with Crippen molar-refractivity contribution in [1.29, 1.82) is 0 Å². The van der Waals surface area contributed by atoms with E-state index in [1.165, 1.54) is 10.7 Å². The van der Waals surface area contributed by atoms with Gasteiger partial charge in [-0.3, -0.25) is 4.79 Å². The number of carbonyl (C=O) groups excluding carboxylic acids is 1. The van der Waals surface area contributed by atoms with Crippen LogP contribution in [-0.2, 0) is 6.54 Å². The van der Waals surface area contributed by atoms with Gasteiger partial charge in [-0.05, 0) is 18.8 Å². The van der Waals surface area contributed by atoms with Crippen molar-refractivity contribution in [2.45, 2.75) is 50.9 Å². The first-order chi connectivity index (χ1) is 10.4. The monoisotopic (exact) mass is 317 g/mol. The molecule has 1 aromatic rings. The van der Waals surface area contributed by atoms with Gasteiger partial charge in [0, 0.05) is 6.07 Å². The Kier molecular flexibility index (Phi) is 4.01. The van der Waals surface area contributed by atoms with Crippen LogP contribution in [0.5, 0.6) is 5.88 Å². The summed E-state index contributed by atoms with van der Waals surface area (Å²) in [5.41, 5.74) is -0.0280. The van der Waals surface area contributed by atoms with E-state index >= 15 is 0 Å². The molecule has 122 valence electrons. The summed E-state index contributed by atoms with van der Waals surface area (Å²) in [5, 5.41) is 6.12. The molecule has 3 rings (SSSR count). The van der Waals surface area contributed by atoms with Crippen molar-refractivity contribution in [3.05, 3.63) is 11.8 Å². The third-order valence-corrected chi connectivity index (χ3v) is 4.29. The average Bonchev–Trinajstić information content (AvgIpc) is 3.05. The molecule has 2 aliphatic rings. The Morgan fingerprint density at radius 2 is 2.09 bits per heavy atom. The summed E-state index contributed by atoms with van der Waals surface area (Å²) in [6.07, 6.45) is -0.948. The summed E-state index contributed by atoms with van der Waals surface area (Å²) >= 11 is 0. The highest BCUT2D eigenvalue weighted by Gasteiger charge is 2.46. The predicted molar refractivity (Wildman–Crippen MR) is 71.6 cm³/mol. The van der Waals surface area contributed by atoms with E-state index in [-0.39, 0.29) is 5.69 Å². The summed E-state index contributed by atoms with van der Waals surface area (Å²) in [4.78, 5) is 12.1. The van der Waals surface area contributed by atoms with E-state index in [2.05, 4.69) is 10.4 Å². The number of carbonyl (C=O) groups is 1. The lowest BCUT2D eigenvalue weighted by Gasteiger charge is -2.32. The van der Waals surface area contributed by atoms with Crippen LogP contribution >= 0.6 is 0 Å². The fraction of sp³-hybridized carbons (Fsp3) is 0.714. The number of hydrogen-bond acceptors (Lipinski definition) is 3. The Morgan fingerprint density at radius 1 is 1.36 bits per heavy atom. The Hall–Kier alpha value is -1.73. The van der Waals surface area contributed by atoms with Crippen LogP contribution in [0.1, 0.15) is 42.6 Å². The molecule has 0 bridgehead atoms. The van der Waals surface area contributed by atoms with Crippen molar-refractivity contribution < 1.29 is 22.7 Å². The highest BCUT2D eigenvalue weighted by Crippen LogP contribution is 2.34. The molecule has 1 unspecified atom stereocenters. The molecule has 1 amide bonds. The van der Waals surface area contributed by atoms with Crippen LogP contribution in [0.25, 0.3) is 0 Å². The van der Waals surface area contributed by atoms with E-state index in [9.17, 15) is 18.0 Å². The largest absolute Gasteiger partial charge is 0.476 e. The van der Waals surface area contributed by atoms with E-state index in [0.29, 0.717) is 31.9 Å². The van der Waals surface area contributed by atoms with Crippen LogP contribution in [-0.4, -0.2) is 34.5 Å². The zero-order chi connectivity index (χ0) is 15.7. The van der Waals surface area contributed by atoms with E-state index in [4.69, 9.17) is 4.74 Å². The van der Waals surface area contributed by atoms with Crippen LogP contribution in [0, 0.1) is 5.92 Å². The topological polar surface area (TPSA) is 56.2 Å². The van der Waals surface area contributed by atoms with Crippen molar-refractivity contribution in [1.82, 2.24) is 15.1 Å². The number of nitrogens with one attached hydrogen (secondary N) is 1. The third-order valence-electron chi connectivity index (χ3n) is 4.29. The molecule has 5 nitrogen and oxygen atoms in total. The number of fused-ring (bicyclic) bond motifs is 1. The van der Waals surface area contributed by atoms with Gasteiger partial charge in [0.2, 0.25) is 5.88 Å². The van der Waals surface area contributed by atoms with E-state index < -0.39 is 24.0 Å². The summed E-state index contributed by atoms with van der Waals surface area (Å²) < 4.78 is 46.5. The fourth-order valence-corrected chi connectivity index (χ4v) is 3.17. The standard InChI is InChI=1S/C14H18F3N3O2/c15-14(16,17)12(9-4-2-1-3-5-9)18-13(21)10-8-11-20(19-10)6-7-22-11/h8-9,12H,1-7H2,(H,18,21). The van der Waals surface area contributed by atoms with Gasteiger partial charge in [-0.15, -0.1) is 0 Å². The molecular weight excluding hydrogens is 299 g/mol. The van der Waals surface area contributed by atoms with E-state index in [0.717, 1.165) is 19.3 Å². The van der Waals surface area contributed by atoms with Crippen molar-refractivity contribution in [3.8, 4) is 5.88 Å². The SMILES string of the molecule is O=C(NC(C1CCCCC1)C(F)(F)F)c1cc2n(n1)CCO2. The third kappa shape index (κ3) is 3.05. The molecular formula is C14H18F3N3O2. The number of nitrogens with zero attached hydrogens (tertiary/aromatic N) is 2. The zero-order valence-electron chi connectivity index (χ0n) is 12.0. The van der Waals surface area contributed by atoms with Gasteiger partial charge in [-0.1, -0.05) is 19.3 Å². The maximum atomic E-state index is 13.3. The summed E-state index contributed by atoms with van der Waals surface area (Å²) in [6, 6.07) is -0.422. The van der Waals surface area contributed by atoms with Crippen LogP contribution in [0.4, 0.5) is 13.2 Å². The second-order valence-corrected chi connectivity index (χ2v) is 5.83. The van der Waals surface area contributed by atoms with Crippen molar-refractivity contribution in [2.24, 2.45) is 5.92 Å². The number of halogens is 3. The van der Waals surface area contributed by atoms with Crippen LogP contribution in [0.15, 0.2) is 6.07 Å². The molecule has 0 spiro atoms. The Balaban J connectivity index is 1.72. The van der Waals surface area contributed by atoms with Crippen molar-refractivity contribution in [2.75, 3.05) is 6.61 Å². The number of rotatable bonds is 3. The van der Waals surface area contributed by atoms with Gasteiger partial charge in [-0.25, -0.2) is 4.68 Å². The van der Waals surface area contributed by atoms with Gasteiger partial charge in [-0.2, -0.15) is 18.3 Å². The van der Waals surface area contributed by atoms with Gasteiger partial charge in [0.1, 0.15) is 12.6 Å². The minimum absolute atomic E-state index is 0.0280. The van der Waals surface area contributed by atoms with Crippen LogP contribution < -0.4 is 10.1 Å². The number of aromatic nitrogens is 2. The normalized spacial score (nSPS) is 20.3. The highest BCUT2D eigenvalue weighted by molar-refractivity contribution is 5.92. The van der Waals surface area contributed by atoms with Crippen LogP contribution in [0.2, 0.25) is 0 Å². The molecule has 1 aromatic heterocycles. The number of amides is 1. The second-order valence-electron chi connectivity index (χ2n) is 5.83. The molecule has 1 N–H and O–H groups in total. The smallest absolute Gasteiger partial charge is 0.408 e. The van der Waals surface area contributed by atoms with Gasteiger partial charge in [0.05, 0.1) is 6.54 Å². The van der Waals surface area contributed by atoms with Crippen molar-refractivity contribution >= 4 is 5.91 Å². The minimum atomic E-state index is -4.45. The molecule has 1 aliphatic carbocycles. The summed E-state index contributed by atoms with van der Waals surface area (Å²) in [5.74, 6) is -0.923. The first-order valence-corrected chi connectivity index (χ1v) is 7.53. The molecule has 1 saturated carbocycles. The molecule has 8 heteroatoms. The zero-order valence-corrected chi connectivity index (χ0v) is 12.0. The minimum Gasteiger partial charge on any atom is -0.476 e. The van der Waals surface area contributed by atoms with Gasteiger partial charge >= 0.3 is 6.18 Å².